The number of benzene rings is 2. The highest BCUT2D eigenvalue weighted by molar-refractivity contribution is 5.98. The fourth-order valence-corrected chi connectivity index (χ4v) is 10.1. The highest BCUT2D eigenvalue weighted by atomic mass is 19.1. The second kappa shape index (κ2) is 16.0. The molecule has 322 valence electrons. The van der Waals surface area contributed by atoms with Gasteiger partial charge in [0, 0.05) is 49.0 Å². The van der Waals surface area contributed by atoms with Gasteiger partial charge in [0.15, 0.2) is 0 Å². The third-order valence-electron chi connectivity index (χ3n) is 12.4. The summed E-state index contributed by atoms with van der Waals surface area (Å²) in [6.07, 6.45) is 4.22. The van der Waals surface area contributed by atoms with Crippen molar-refractivity contribution in [1.29, 1.82) is 0 Å². The highest BCUT2D eigenvalue weighted by Crippen LogP contribution is 2.45. The number of hydrogen-bond donors (Lipinski definition) is 2. The minimum absolute atomic E-state index is 0.203. The van der Waals surface area contributed by atoms with Crippen molar-refractivity contribution in [3.63, 3.8) is 0 Å². The van der Waals surface area contributed by atoms with E-state index >= 15 is 8.78 Å². The summed E-state index contributed by atoms with van der Waals surface area (Å²) in [6.45, 7) is 12.7. The van der Waals surface area contributed by atoms with E-state index < -0.39 is 35.5 Å². The van der Waals surface area contributed by atoms with Crippen LogP contribution in [0.4, 0.5) is 18.4 Å². The molecule has 60 heavy (non-hydrogen) atoms. The van der Waals surface area contributed by atoms with Crippen LogP contribution in [0.1, 0.15) is 104 Å². The zero-order valence-electron chi connectivity index (χ0n) is 35.7. The maximum atomic E-state index is 15.1. The Kier molecular flexibility index (Phi) is 11.1. The van der Waals surface area contributed by atoms with E-state index in [-0.39, 0.29) is 35.5 Å². The summed E-state index contributed by atoms with van der Waals surface area (Å²) in [4.78, 5) is 59.7. The van der Waals surface area contributed by atoms with Crippen LogP contribution in [0, 0.1) is 11.6 Å². The lowest BCUT2D eigenvalue weighted by Crippen LogP contribution is -2.52. The number of ether oxygens (including phenoxy) is 2. The van der Waals surface area contributed by atoms with E-state index in [1.54, 1.807) is 53.7 Å². The van der Waals surface area contributed by atoms with Gasteiger partial charge in [-0.25, -0.2) is 18.4 Å². The molecule has 0 spiro atoms. The molecular formula is C46H58F2N6O6. The zero-order valence-corrected chi connectivity index (χ0v) is 35.7. The first kappa shape index (κ1) is 41.6. The Hall–Kier alpha value is -5.14. The van der Waals surface area contributed by atoms with Gasteiger partial charge in [-0.1, -0.05) is 12.8 Å². The van der Waals surface area contributed by atoms with Gasteiger partial charge in [0.05, 0.1) is 22.4 Å². The molecule has 0 aliphatic carbocycles. The fourth-order valence-electron chi connectivity index (χ4n) is 10.1. The molecule has 2 N–H and O–H groups in total. The van der Waals surface area contributed by atoms with Crippen molar-refractivity contribution in [2.75, 3.05) is 13.1 Å². The van der Waals surface area contributed by atoms with E-state index in [0.29, 0.717) is 64.7 Å². The smallest absolute Gasteiger partial charge is 0.408 e. The van der Waals surface area contributed by atoms with Crippen LogP contribution >= 0.6 is 0 Å². The van der Waals surface area contributed by atoms with E-state index in [1.165, 1.54) is 12.1 Å². The summed E-state index contributed by atoms with van der Waals surface area (Å²) in [6, 6.07) is 7.55. The van der Waals surface area contributed by atoms with Crippen LogP contribution in [-0.4, -0.2) is 91.4 Å². The quantitative estimate of drug-likeness (QED) is 0.211. The number of halogens is 2. The monoisotopic (exact) mass is 828 g/mol. The number of hydrogen-bond acceptors (Lipinski definition) is 6. The number of aryl methyl sites for hydroxylation is 2. The Labute approximate surface area is 349 Å². The third kappa shape index (κ3) is 8.30. The van der Waals surface area contributed by atoms with Crippen LogP contribution in [0.25, 0.3) is 33.2 Å². The number of alkyl carbamates (subject to hydrolysis) is 2. The summed E-state index contributed by atoms with van der Waals surface area (Å²) < 4.78 is 45.9. The predicted octanol–water partition coefficient (Wildman–Crippen LogP) is 7.98. The molecule has 0 bridgehead atoms. The van der Waals surface area contributed by atoms with Gasteiger partial charge in [0.2, 0.25) is 11.8 Å². The first-order valence-electron chi connectivity index (χ1n) is 21.7. The van der Waals surface area contributed by atoms with E-state index in [1.807, 2.05) is 21.9 Å². The molecule has 0 unspecified atom stereocenters. The molecule has 12 nitrogen and oxygen atoms in total. The summed E-state index contributed by atoms with van der Waals surface area (Å²) in [5, 5.41) is 7.55. The van der Waals surface area contributed by atoms with Gasteiger partial charge in [0.25, 0.3) is 0 Å². The molecular weight excluding hydrogens is 771 g/mol. The van der Waals surface area contributed by atoms with Crippen LogP contribution in [0.5, 0.6) is 0 Å². The SMILES string of the molecule is CC(C)(C)OC(=O)N[C@H]1CCCC[C@H](NC(=O)OC(C)(C)C)C(=O)N2CCC[C@H]2Cc2c3n(c4cc(F)ccc24)CCn2c-3c(c3ccc(F)cc32)C[C@@H]2CCCN2C1=O. The molecule has 8 rings (SSSR count). The van der Waals surface area contributed by atoms with E-state index in [0.717, 1.165) is 70.0 Å². The second-order valence-electron chi connectivity index (χ2n) is 19.0. The topological polar surface area (TPSA) is 127 Å². The lowest BCUT2D eigenvalue weighted by molar-refractivity contribution is -0.135. The number of nitrogens with zero attached hydrogens (tertiary/aromatic N) is 4. The van der Waals surface area contributed by atoms with Crippen LogP contribution in [0.15, 0.2) is 36.4 Å². The fraction of sp³-hybridized carbons (Fsp3) is 0.565. The summed E-state index contributed by atoms with van der Waals surface area (Å²) in [7, 11) is 0. The van der Waals surface area contributed by atoms with Gasteiger partial charge in [-0.3, -0.25) is 9.59 Å². The van der Waals surface area contributed by atoms with Gasteiger partial charge in [0.1, 0.15) is 34.9 Å². The zero-order chi connectivity index (χ0) is 42.7. The second-order valence-corrected chi connectivity index (χ2v) is 19.0. The summed E-state index contributed by atoms with van der Waals surface area (Å²) in [5.41, 5.74) is 3.75. The summed E-state index contributed by atoms with van der Waals surface area (Å²) >= 11 is 0. The lowest BCUT2D eigenvalue weighted by Gasteiger charge is -2.32. The molecule has 4 aliphatic rings. The normalized spacial score (nSPS) is 22.9. The maximum absolute atomic E-state index is 15.1. The molecule has 2 aromatic heterocycles. The van der Waals surface area contributed by atoms with Crippen molar-refractivity contribution >= 4 is 45.8 Å². The standard InChI is InChI=1S/C46H58F2N6O6/c1-45(2,3)59-43(57)49-35-13-7-8-14-36(50-44(58)60-46(4,5)6)42(56)52-20-10-12-30(52)26-34-32-18-16-28(48)24-38(32)54-22-21-53-37-23-27(47)15-17-31(37)33(39(53)40(34)54)25-29-11-9-19-51(29)41(35)55/h15-18,23-24,29-30,35-36H,7-14,19-22,25-26H2,1-6H3,(H,49,57)(H,50,58)/t29-,30-,35-,36-/m0/s1. The Bertz CT molecular complexity index is 2180. The molecule has 4 aromatic rings. The van der Waals surface area contributed by atoms with Gasteiger partial charge >= 0.3 is 12.2 Å². The largest absolute Gasteiger partial charge is 0.444 e. The number of carbonyl (C=O) groups excluding carboxylic acids is 4. The molecule has 4 amide bonds. The molecule has 2 fully saturated rings. The number of rotatable bonds is 2. The highest BCUT2D eigenvalue weighted by Gasteiger charge is 2.40. The molecule has 6 heterocycles. The number of carbonyl (C=O) groups is 4. The van der Waals surface area contributed by atoms with Crippen LogP contribution in [0.2, 0.25) is 0 Å². The first-order chi connectivity index (χ1) is 28.5. The van der Waals surface area contributed by atoms with Crippen molar-refractivity contribution in [1.82, 2.24) is 29.6 Å². The van der Waals surface area contributed by atoms with Gasteiger partial charge in [-0.05, 0) is 140 Å². The van der Waals surface area contributed by atoms with Crippen molar-refractivity contribution in [3.8, 4) is 11.4 Å². The molecule has 2 saturated heterocycles. The average Bonchev–Trinajstić information content (AvgIpc) is 3.95. The first-order valence-corrected chi connectivity index (χ1v) is 21.7. The van der Waals surface area contributed by atoms with Crippen molar-refractivity contribution < 1.29 is 37.4 Å². The predicted molar refractivity (Wildman–Crippen MR) is 224 cm³/mol. The molecule has 0 saturated carbocycles. The minimum Gasteiger partial charge on any atom is -0.444 e. The van der Waals surface area contributed by atoms with Crippen LogP contribution in [0.3, 0.4) is 0 Å². The average molecular weight is 829 g/mol. The Balaban J connectivity index is 1.27. The Morgan fingerprint density at radius 2 is 1.00 bits per heavy atom. The molecule has 4 aliphatic heterocycles. The number of nitrogens with one attached hydrogen (secondary N) is 2. The minimum atomic E-state index is -0.895. The van der Waals surface area contributed by atoms with Crippen molar-refractivity contribution in [2.24, 2.45) is 0 Å². The van der Waals surface area contributed by atoms with E-state index in [4.69, 9.17) is 9.47 Å². The van der Waals surface area contributed by atoms with Crippen molar-refractivity contribution in [2.45, 2.75) is 154 Å². The van der Waals surface area contributed by atoms with Crippen LogP contribution in [-0.2, 0) is 45.0 Å². The summed E-state index contributed by atoms with van der Waals surface area (Å²) in [5.74, 6) is -1.12. The van der Waals surface area contributed by atoms with Gasteiger partial charge in [-0.2, -0.15) is 0 Å². The lowest BCUT2D eigenvalue weighted by atomic mass is 9.94. The van der Waals surface area contributed by atoms with Crippen LogP contribution < -0.4 is 10.6 Å². The Morgan fingerprint density at radius 3 is 1.38 bits per heavy atom. The molecule has 14 heteroatoms. The maximum Gasteiger partial charge on any atom is 0.408 e. The number of amides is 4. The molecule has 4 atom stereocenters. The molecule has 0 radical (unpaired) electrons. The van der Waals surface area contributed by atoms with E-state index in [2.05, 4.69) is 19.8 Å². The van der Waals surface area contributed by atoms with E-state index in [9.17, 15) is 19.2 Å². The van der Waals surface area contributed by atoms with Crippen molar-refractivity contribution in [3.05, 3.63) is 59.2 Å². The number of fused-ring (bicyclic) bond motifs is 8. The molecule has 2 aromatic carbocycles. The van der Waals surface area contributed by atoms with Gasteiger partial charge in [-0.15, -0.1) is 0 Å². The number of aromatic nitrogens is 2. The van der Waals surface area contributed by atoms with Gasteiger partial charge < -0.3 is 39.0 Å². The third-order valence-corrected chi connectivity index (χ3v) is 12.4. The Morgan fingerprint density at radius 1 is 0.600 bits per heavy atom.